The summed E-state index contributed by atoms with van der Waals surface area (Å²) in [5, 5.41) is 16.7. The summed E-state index contributed by atoms with van der Waals surface area (Å²) >= 11 is 0. The number of rotatable bonds is 6. The van der Waals surface area contributed by atoms with Crippen LogP contribution in [0.1, 0.15) is 32.5 Å². The van der Waals surface area contributed by atoms with E-state index in [2.05, 4.69) is 15.4 Å². The molecule has 176 valence electrons. The third-order valence-corrected chi connectivity index (χ3v) is 5.51. The molecule has 0 radical (unpaired) electrons. The monoisotopic (exact) mass is 472 g/mol. The molecule has 0 unspecified atom stereocenters. The summed E-state index contributed by atoms with van der Waals surface area (Å²) in [7, 11) is 0. The molecular formula is C24H22F3N5O2. The van der Waals surface area contributed by atoms with Gasteiger partial charge in [-0.2, -0.15) is 4.98 Å². The smallest absolute Gasteiger partial charge is 0.254 e. The second-order valence-corrected chi connectivity index (χ2v) is 7.87. The molecule has 2 heterocycles. The van der Waals surface area contributed by atoms with E-state index in [0.29, 0.717) is 5.65 Å². The van der Waals surface area contributed by atoms with E-state index in [1.807, 2.05) is 0 Å². The first kappa shape index (κ1) is 19.5. The average Bonchev–Trinajstić information content (AvgIpc) is 3.20. The lowest BCUT2D eigenvalue weighted by Crippen LogP contribution is -2.42. The van der Waals surface area contributed by atoms with Crippen LogP contribution in [0.4, 0.5) is 19.1 Å². The number of aromatic nitrogens is 3. The molecule has 0 saturated heterocycles. The highest BCUT2D eigenvalue weighted by Crippen LogP contribution is 2.29. The number of carbonyl (C=O) groups is 1. The van der Waals surface area contributed by atoms with Gasteiger partial charge in [0.25, 0.3) is 5.91 Å². The number of aryl methyl sites for hydroxylation is 1. The molecule has 2 atom stereocenters. The van der Waals surface area contributed by atoms with Gasteiger partial charge in [-0.1, -0.05) is 24.3 Å². The van der Waals surface area contributed by atoms with Crippen molar-refractivity contribution in [3.63, 3.8) is 0 Å². The molecule has 7 nitrogen and oxygen atoms in total. The lowest BCUT2D eigenvalue weighted by Gasteiger charge is -2.28. The molecule has 1 amide bonds. The van der Waals surface area contributed by atoms with Gasteiger partial charge in [0.05, 0.1) is 12.1 Å². The SMILES string of the molecule is [2H]C([2H])([2H])c1ccc(-c2ccn3nc(N)nc3c2)c(F)c1C(=O)NC[C@@H](F)[C@](C)(O)c1ccc(F)cc1. The Kier molecular flexibility index (Phi) is 5.05. The van der Waals surface area contributed by atoms with Crippen molar-refractivity contribution < 1.29 is 27.2 Å². The molecule has 2 aromatic carbocycles. The predicted octanol–water partition coefficient (Wildman–Crippen LogP) is 3.54. The van der Waals surface area contributed by atoms with Crippen LogP contribution in [0.15, 0.2) is 54.7 Å². The highest BCUT2D eigenvalue weighted by atomic mass is 19.1. The summed E-state index contributed by atoms with van der Waals surface area (Å²) in [5.41, 5.74) is 2.62. The fraction of sp³-hybridized carbons (Fsp3) is 0.208. The number of nitrogen functional groups attached to an aromatic ring is 1. The lowest BCUT2D eigenvalue weighted by molar-refractivity contribution is -0.0229. The minimum atomic E-state index is -2.85. The number of aliphatic hydroxyl groups is 1. The van der Waals surface area contributed by atoms with Crippen molar-refractivity contribution in [2.24, 2.45) is 0 Å². The molecule has 4 N–H and O–H groups in total. The number of nitrogens with zero attached hydrogens (tertiary/aromatic N) is 3. The van der Waals surface area contributed by atoms with Crippen LogP contribution in [0.2, 0.25) is 0 Å². The van der Waals surface area contributed by atoms with E-state index in [0.717, 1.165) is 25.1 Å². The topological polar surface area (TPSA) is 106 Å². The Labute approximate surface area is 197 Å². The molecule has 0 saturated carbocycles. The van der Waals surface area contributed by atoms with Gasteiger partial charge in [-0.15, -0.1) is 5.10 Å². The molecule has 4 aromatic rings. The summed E-state index contributed by atoms with van der Waals surface area (Å²) < 4.78 is 68.5. The average molecular weight is 472 g/mol. The number of hydrogen-bond donors (Lipinski definition) is 3. The Morgan fingerprint density at radius 2 is 2.00 bits per heavy atom. The second kappa shape index (κ2) is 8.79. The Bertz CT molecular complexity index is 1470. The van der Waals surface area contributed by atoms with Crippen molar-refractivity contribution in [2.45, 2.75) is 25.5 Å². The van der Waals surface area contributed by atoms with Gasteiger partial charge in [-0.3, -0.25) is 4.79 Å². The lowest BCUT2D eigenvalue weighted by atomic mass is 9.91. The van der Waals surface area contributed by atoms with Gasteiger partial charge in [-0.05, 0) is 54.7 Å². The molecule has 0 bridgehead atoms. The first-order chi connectivity index (χ1) is 17.3. The van der Waals surface area contributed by atoms with Crippen molar-refractivity contribution in [3.8, 4) is 11.1 Å². The molecule has 2 aromatic heterocycles. The number of hydrogen-bond acceptors (Lipinski definition) is 5. The predicted molar refractivity (Wildman–Crippen MR) is 121 cm³/mol. The Morgan fingerprint density at radius 1 is 1.26 bits per heavy atom. The number of amides is 1. The van der Waals surface area contributed by atoms with Crippen molar-refractivity contribution in [1.29, 1.82) is 0 Å². The maximum Gasteiger partial charge on any atom is 0.254 e. The molecule has 34 heavy (non-hydrogen) atoms. The molecule has 0 aliphatic rings. The number of pyridine rings is 1. The van der Waals surface area contributed by atoms with Crippen molar-refractivity contribution in [3.05, 3.63) is 83.1 Å². The van der Waals surface area contributed by atoms with Gasteiger partial charge in [0.1, 0.15) is 23.4 Å². The third kappa shape index (κ3) is 4.32. The summed E-state index contributed by atoms with van der Waals surface area (Å²) in [5.74, 6) is -2.91. The molecular weight excluding hydrogens is 447 g/mol. The number of halogens is 3. The number of carbonyl (C=O) groups excluding carboxylic acids is 1. The fourth-order valence-corrected chi connectivity index (χ4v) is 3.52. The van der Waals surface area contributed by atoms with E-state index in [9.17, 15) is 18.7 Å². The Hall–Kier alpha value is -3.92. The highest BCUT2D eigenvalue weighted by Gasteiger charge is 2.34. The van der Waals surface area contributed by atoms with Crippen LogP contribution in [0, 0.1) is 18.5 Å². The maximum atomic E-state index is 15.7. The number of nitrogens with one attached hydrogen (secondary N) is 1. The zero-order chi connectivity index (χ0) is 27.1. The first-order valence-electron chi connectivity index (χ1n) is 11.6. The highest BCUT2D eigenvalue weighted by molar-refractivity contribution is 5.97. The van der Waals surface area contributed by atoms with Gasteiger partial charge in [0.15, 0.2) is 5.65 Å². The van der Waals surface area contributed by atoms with E-state index in [-0.39, 0.29) is 22.6 Å². The number of fused-ring (bicyclic) bond motifs is 1. The molecule has 0 aliphatic heterocycles. The normalized spacial score (nSPS) is 15.7. The summed E-state index contributed by atoms with van der Waals surface area (Å²) in [6.45, 7) is -2.50. The maximum absolute atomic E-state index is 15.7. The minimum Gasteiger partial charge on any atom is -0.382 e. The largest absolute Gasteiger partial charge is 0.382 e. The van der Waals surface area contributed by atoms with Crippen molar-refractivity contribution in [2.75, 3.05) is 12.3 Å². The standard InChI is InChI=1S/C24H22F3N5O2/c1-13-3-8-17(14-9-10-32-19(11-14)30-23(28)31-32)21(27)20(13)22(33)29-12-18(26)24(2,34)15-4-6-16(25)7-5-15/h3-11,18,34H,12H2,1-2H3,(H2,28,31)(H,29,33)/t18-,24-/m1/s1/i1D3. The number of nitrogens with two attached hydrogens (primary N) is 1. The van der Waals surface area contributed by atoms with Crippen LogP contribution in [-0.2, 0) is 5.60 Å². The van der Waals surface area contributed by atoms with Gasteiger partial charge >= 0.3 is 0 Å². The number of alkyl halides is 1. The van der Waals surface area contributed by atoms with Gasteiger partial charge in [-0.25, -0.2) is 17.7 Å². The molecule has 10 heteroatoms. The van der Waals surface area contributed by atoms with Crippen LogP contribution in [0.5, 0.6) is 0 Å². The molecule has 0 spiro atoms. The van der Waals surface area contributed by atoms with E-state index in [1.54, 1.807) is 0 Å². The third-order valence-electron chi connectivity index (χ3n) is 5.51. The summed E-state index contributed by atoms with van der Waals surface area (Å²) in [6.07, 6.45) is -0.624. The summed E-state index contributed by atoms with van der Waals surface area (Å²) in [4.78, 5) is 17.0. The van der Waals surface area contributed by atoms with E-state index in [1.165, 1.54) is 41.0 Å². The van der Waals surface area contributed by atoms with E-state index < -0.39 is 53.8 Å². The van der Waals surface area contributed by atoms with E-state index in [4.69, 9.17) is 9.85 Å². The number of anilines is 1. The summed E-state index contributed by atoms with van der Waals surface area (Å²) in [6, 6.07) is 9.73. The molecule has 0 aliphatic carbocycles. The van der Waals surface area contributed by atoms with Crippen LogP contribution in [-0.4, -0.2) is 38.3 Å². The quantitative estimate of drug-likeness (QED) is 0.398. The van der Waals surface area contributed by atoms with Crippen molar-refractivity contribution >= 4 is 17.5 Å². The zero-order valence-electron chi connectivity index (χ0n) is 20.9. The molecule has 4 rings (SSSR count). The second-order valence-electron chi connectivity index (χ2n) is 7.87. The van der Waals surface area contributed by atoms with Gasteiger partial charge in [0, 0.05) is 15.9 Å². The first-order valence-corrected chi connectivity index (χ1v) is 10.1. The van der Waals surface area contributed by atoms with Gasteiger partial charge in [0.2, 0.25) is 5.95 Å². The molecule has 0 fully saturated rings. The van der Waals surface area contributed by atoms with E-state index >= 15 is 4.39 Å². The van der Waals surface area contributed by atoms with Crippen LogP contribution in [0.25, 0.3) is 16.8 Å². The Morgan fingerprint density at radius 3 is 2.71 bits per heavy atom. The van der Waals surface area contributed by atoms with Crippen LogP contribution < -0.4 is 11.1 Å². The van der Waals surface area contributed by atoms with Gasteiger partial charge < -0.3 is 16.2 Å². The zero-order valence-corrected chi connectivity index (χ0v) is 17.9. The number of benzene rings is 2. The minimum absolute atomic E-state index is 0.00673. The Balaban J connectivity index is 1.66. The van der Waals surface area contributed by atoms with Crippen LogP contribution >= 0.6 is 0 Å². The van der Waals surface area contributed by atoms with Crippen LogP contribution in [0.3, 0.4) is 0 Å². The van der Waals surface area contributed by atoms with Crippen molar-refractivity contribution in [1.82, 2.24) is 19.9 Å². The fourth-order valence-electron chi connectivity index (χ4n) is 3.52.